The van der Waals surface area contributed by atoms with E-state index in [2.05, 4.69) is 13.2 Å². The summed E-state index contributed by atoms with van der Waals surface area (Å²) < 4.78 is 6.65. The number of likely N-dealkylation sites (N-methyl/N-ethyl adjacent to an activating group) is 1. The molecule has 0 radical (unpaired) electrons. The van der Waals surface area contributed by atoms with E-state index in [-0.39, 0.29) is 24.3 Å². The average molecular weight is 580 g/mol. The van der Waals surface area contributed by atoms with E-state index in [4.69, 9.17) is 4.74 Å². The number of ether oxygens (including phenoxy) is 1. The van der Waals surface area contributed by atoms with E-state index >= 15 is 0 Å². The minimum absolute atomic E-state index is 0.199. The summed E-state index contributed by atoms with van der Waals surface area (Å²) in [5, 5.41) is 12.8. The van der Waals surface area contributed by atoms with Crippen molar-refractivity contribution in [3.63, 3.8) is 0 Å². The SMILES string of the molecule is C=CCN(C)C(=O)[C@@H]1[C@H]2C(=O)N([C@H](CO)c3ccccc3)C(C(=O)N(CC=C)c3ccc4ccccc4c3)C23CC[C@H]1O3. The van der Waals surface area contributed by atoms with E-state index in [0.29, 0.717) is 30.6 Å². The fraction of sp³-hybridized carbons (Fsp3) is 0.343. The Kier molecular flexibility index (Phi) is 7.66. The summed E-state index contributed by atoms with van der Waals surface area (Å²) in [5.74, 6) is -2.44. The van der Waals surface area contributed by atoms with Crippen molar-refractivity contribution in [1.82, 2.24) is 9.80 Å². The molecule has 1 N–H and O–H groups in total. The van der Waals surface area contributed by atoms with E-state index in [1.54, 1.807) is 29.0 Å². The lowest BCUT2D eigenvalue weighted by Gasteiger charge is -2.39. The molecule has 6 atom stereocenters. The molecule has 0 aromatic heterocycles. The second kappa shape index (κ2) is 11.4. The lowest BCUT2D eigenvalue weighted by atomic mass is 9.70. The molecule has 3 aromatic rings. The first-order valence-corrected chi connectivity index (χ1v) is 14.8. The van der Waals surface area contributed by atoms with Crippen molar-refractivity contribution < 1.29 is 24.2 Å². The molecule has 3 saturated heterocycles. The van der Waals surface area contributed by atoms with Crippen molar-refractivity contribution in [2.24, 2.45) is 11.8 Å². The van der Waals surface area contributed by atoms with Crippen molar-refractivity contribution in [3.8, 4) is 0 Å². The number of benzene rings is 3. The van der Waals surface area contributed by atoms with Crippen molar-refractivity contribution in [3.05, 3.63) is 104 Å². The number of hydrogen-bond donors (Lipinski definition) is 1. The highest BCUT2D eigenvalue weighted by Crippen LogP contribution is 2.60. The van der Waals surface area contributed by atoms with Gasteiger partial charge in [0.2, 0.25) is 11.8 Å². The van der Waals surface area contributed by atoms with E-state index in [0.717, 1.165) is 10.8 Å². The zero-order chi connectivity index (χ0) is 30.3. The topological polar surface area (TPSA) is 90.4 Å². The van der Waals surface area contributed by atoms with Crippen LogP contribution in [0.4, 0.5) is 5.69 Å². The molecule has 0 aliphatic carbocycles. The number of amides is 3. The molecule has 3 aromatic carbocycles. The van der Waals surface area contributed by atoms with E-state index in [1.165, 1.54) is 4.90 Å². The monoisotopic (exact) mass is 579 g/mol. The Balaban J connectivity index is 1.48. The van der Waals surface area contributed by atoms with Crippen LogP contribution in [0, 0.1) is 11.8 Å². The summed E-state index contributed by atoms with van der Waals surface area (Å²) in [6.45, 7) is 7.81. The molecule has 3 amide bonds. The molecule has 8 heteroatoms. The highest BCUT2D eigenvalue weighted by Gasteiger charge is 2.75. The van der Waals surface area contributed by atoms with Gasteiger partial charge in [-0.3, -0.25) is 14.4 Å². The number of carbonyl (C=O) groups is 3. The lowest BCUT2D eigenvalue weighted by molar-refractivity contribution is -0.147. The van der Waals surface area contributed by atoms with Gasteiger partial charge >= 0.3 is 0 Å². The number of anilines is 1. The smallest absolute Gasteiger partial charge is 0.253 e. The van der Waals surface area contributed by atoms with Crippen LogP contribution in [-0.2, 0) is 19.1 Å². The Morgan fingerprint density at radius 2 is 1.72 bits per heavy atom. The van der Waals surface area contributed by atoms with Crippen LogP contribution in [0.25, 0.3) is 10.8 Å². The van der Waals surface area contributed by atoms with Gasteiger partial charge < -0.3 is 24.5 Å². The van der Waals surface area contributed by atoms with Crippen LogP contribution in [0.3, 0.4) is 0 Å². The van der Waals surface area contributed by atoms with Gasteiger partial charge in [0, 0.05) is 25.8 Å². The molecule has 3 aliphatic rings. The molecule has 222 valence electrons. The molecule has 43 heavy (non-hydrogen) atoms. The molecule has 2 unspecified atom stereocenters. The van der Waals surface area contributed by atoms with Crippen molar-refractivity contribution in [1.29, 1.82) is 0 Å². The Bertz CT molecular complexity index is 1570. The lowest BCUT2D eigenvalue weighted by Crippen LogP contribution is -2.57. The molecule has 6 rings (SSSR count). The average Bonchev–Trinajstić information content (AvgIpc) is 3.67. The number of aliphatic hydroxyl groups excluding tert-OH is 1. The number of likely N-dealkylation sites (tertiary alicyclic amines) is 1. The van der Waals surface area contributed by atoms with Gasteiger partial charge in [-0.2, -0.15) is 0 Å². The molecule has 3 aliphatic heterocycles. The molecule has 3 fully saturated rings. The number of carbonyl (C=O) groups excluding carboxylic acids is 3. The Hall–Kier alpha value is -4.27. The maximum atomic E-state index is 14.9. The third kappa shape index (κ3) is 4.56. The Morgan fingerprint density at radius 1 is 1.02 bits per heavy atom. The zero-order valence-corrected chi connectivity index (χ0v) is 24.3. The predicted molar refractivity (Wildman–Crippen MR) is 165 cm³/mol. The second-order valence-electron chi connectivity index (χ2n) is 11.7. The van der Waals surface area contributed by atoms with Crippen LogP contribution in [0.5, 0.6) is 0 Å². The normalized spacial score (nSPS) is 26.3. The molecular formula is C35H37N3O5. The van der Waals surface area contributed by atoms with Crippen LogP contribution in [-0.4, -0.2) is 77.1 Å². The highest BCUT2D eigenvalue weighted by molar-refractivity contribution is 6.06. The summed E-state index contributed by atoms with van der Waals surface area (Å²) in [6, 6.07) is 21.1. The number of fused-ring (bicyclic) bond motifs is 2. The summed E-state index contributed by atoms with van der Waals surface area (Å²) in [6.07, 6.45) is 3.86. The van der Waals surface area contributed by atoms with Gasteiger partial charge in [0.25, 0.3) is 5.91 Å². The molecule has 2 bridgehead atoms. The first kappa shape index (κ1) is 28.8. The Labute approximate surface area is 251 Å². The van der Waals surface area contributed by atoms with Crippen LogP contribution >= 0.6 is 0 Å². The van der Waals surface area contributed by atoms with E-state index < -0.39 is 42.2 Å². The summed E-state index contributed by atoms with van der Waals surface area (Å²) in [4.78, 5) is 48.0. The van der Waals surface area contributed by atoms with Crippen LogP contribution in [0.15, 0.2) is 98.1 Å². The van der Waals surface area contributed by atoms with E-state index in [9.17, 15) is 19.5 Å². The minimum Gasteiger partial charge on any atom is -0.394 e. The van der Waals surface area contributed by atoms with Crippen molar-refractivity contribution >= 4 is 34.2 Å². The fourth-order valence-electron chi connectivity index (χ4n) is 7.50. The molecule has 3 heterocycles. The van der Waals surface area contributed by atoms with Crippen LogP contribution in [0.2, 0.25) is 0 Å². The van der Waals surface area contributed by atoms with Crippen molar-refractivity contribution in [2.45, 2.75) is 36.6 Å². The standard InChI is InChI=1S/C35H37N3O5/c1-4-19-36(3)32(40)29-28-17-18-35(43-28)30(29)33(41)38(27(22-39)24-12-7-6-8-13-24)31(35)34(42)37(20-5-2)26-16-15-23-11-9-10-14-25(23)21-26/h4-16,21,27-31,39H,1-2,17-20,22H2,3H3/t27-,28-,29+,30+,31?,35?/m1/s1. The molecular weight excluding hydrogens is 542 g/mol. The molecule has 8 nitrogen and oxygen atoms in total. The third-order valence-electron chi connectivity index (χ3n) is 9.35. The number of rotatable bonds is 10. The first-order chi connectivity index (χ1) is 20.9. The van der Waals surface area contributed by atoms with Crippen molar-refractivity contribution in [2.75, 3.05) is 31.6 Å². The minimum atomic E-state index is -1.20. The van der Waals surface area contributed by atoms with Gasteiger partial charge in [-0.25, -0.2) is 0 Å². The number of aliphatic hydroxyl groups is 1. The first-order valence-electron chi connectivity index (χ1n) is 14.8. The Morgan fingerprint density at radius 3 is 2.42 bits per heavy atom. The third-order valence-corrected chi connectivity index (χ3v) is 9.35. The summed E-state index contributed by atoms with van der Waals surface area (Å²) >= 11 is 0. The van der Waals surface area contributed by atoms with Gasteiger partial charge in [-0.05, 0) is 41.3 Å². The second-order valence-corrected chi connectivity index (χ2v) is 11.7. The summed E-state index contributed by atoms with van der Waals surface area (Å²) in [5.41, 5.74) is 0.170. The largest absolute Gasteiger partial charge is 0.394 e. The quantitative estimate of drug-likeness (QED) is 0.365. The van der Waals surface area contributed by atoms with Crippen LogP contribution < -0.4 is 4.90 Å². The van der Waals surface area contributed by atoms with Gasteiger partial charge in [0.05, 0.1) is 30.6 Å². The van der Waals surface area contributed by atoms with Gasteiger partial charge in [0.15, 0.2) is 0 Å². The summed E-state index contributed by atoms with van der Waals surface area (Å²) in [7, 11) is 1.69. The predicted octanol–water partition coefficient (Wildman–Crippen LogP) is 4.11. The maximum Gasteiger partial charge on any atom is 0.253 e. The zero-order valence-electron chi connectivity index (χ0n) is 24.3. The van der Waals surface area contributed by atoms with Crippen LogP contribution in [0.1, 0.15) is 24.4 Å². The number of nitrogens with zero attached hydrogens (tertiary/aromatic N) is 3. The van der Waals surface area contributed by atoms with Gasteiger partial charge in [-0.1, -0.05) is 72.8 Å². The van der Waals surface area contributed by atoms with E-state index in [1.807, 2.05) is 72.8 Å². The maximum absolute atomic E-state index is 14.9. The van der Waals surface area contributed by atoms with Gasteiger partial charge in [0.1, 0.15) is 11.6 Å². The highest BCUT2D eigenvalue weighted by atomic mass is 16.5. The molecule has 1 spiro atoms. The fourth-order valence-corrected chi connectivity index (χ4v) is 7.50. The molecule has 0 saturated carbocycles. The number of hydrogen-bond acceptors (Lipinski definition) is 5. The van der Waals surface area contributed by atoms with Gasteiger partial charge in [-0.15, -0.1) is 13.2 Å².